The van der Waals surface area contributed by atoms with E-state index < -0.39 is 0 Å². The summed E-state index contributed by atoms with van der Waals surface area (Å²) in [6.07, 6.45) is 3.78. The smallest absolute Gasteiger partial charge is 0.150 e. The Balaban J connectivity index is 1.74. The number of aryl methyl sites for hydroxylation is 2. The molecule has 146 valence electrons. The monoisotopic (exact) mass is 390 g/mol. The number of nitrogens with one attached hydrogen (secondary N) is 1. The summed E-state index contributed by atoms with van der Waals surface area (Å²) in [5.41, 5.74) is 7.63. The molecule has 2 heterocycles. The zero-order valence-corrected chi connectivity index (χ0v) is 17.0. The zero-order chi connectivity index (χ0) is 20.5. The van der Waals surface area contributed by atoms with Crippen molar-refractivity contribution in [2.24, 2.45) is 0 Å². The Morgan fingerprint density at radius 3 is 2.33 bits per heavy atom. The maximum absolute atomic E-state index is 4.66. The van der Waals surface area contributed by atoms with E-state index in [0.29, 0.717) is 0 Å². The Morgan fingerprint density at radius 1 is 0.767 bits per heavy atom. The van der Waals surface area contributed by atoms with Crippen LogP contribution in [0.5, 0.6) is 0 Å². The summed E-state index contributed by atoms with van der Waals surface area (Å²) in [6, 6.07) is 27.2. The molecule has 4 heteroatoms. The number of aromatic nitrogens is 3. The number of benzene rings is 3. The Morgan fingerprint density at radius 2 is 1.57 bits per heavy atom. The number of rotatable bonds is 4. The molecule has 2 aromatic heterocycles. The maximum Gasteiger partial charge on any atom is 0.150 e. The van der Waals surface area contributed by atoms with E-state index in [1.54, 1.807) is 6.33 Å². The molecule has 5 rings (SSSR count). The van der Waals surface area contributed by atoms with E-state index in [9.17, 15) is 0 Å². The van der Waals surface area contributed by atoms with Crippen molar-refractivity contribution in [3.8, 4) is 16.8 Å². The second kappa shape index (κ2) is 7.48. The Bertz CT molecular complexity index is 1320. The topological polar surface area (TPSA) is 42.7 Å². The minimum atomic E-state index is 0.801. The molecule has 0 unspecified atom stereocenters. The van der Waals surface area contributed by atoms with Crippen molar-refractivity contribution in [1.82, 2.24) is 14.5 Å². The Kier molecular flexibility index (Phi) is 4.52. The summed E-state index contributed by atoms with van der Waals surface area (Å²) in [5.74, 6) is 0.801. The fraction of sp³-hybridized carbons (Fsp3) is 0.0769. The van der Waals surface area contributed by atoms with Crippen molar-refractivity contribution >= 4 is 22.5 Å². The van der Waals surface area contributed by atoms with Crippen LogP contribution in [0, 0.1) is 13.8 Å². The van der Waals surface area contributed by atoms with Crippen LogP contribution >= 0.6 is 0 Å². The van der Waals surface area contributed by atoms with E-state index >= 15 is 0 Å². The average Bonchev–Trinajstić information content (AvgIpc) is 3.16. The van der Waals surface area contributed by atoms with Crippen LogP contribution in [0.3, 0.4) is 0 Å². The molecule has 0 saturated heterocycles. The highest BCUT2D eigenvalue weighted by molar-refractivity contribution is 6.03. The molecule has 0 fully saturated rings. The van der Waals surface area contributed by atoms with Gasteiger partial charge >= 0.3 is 0 Å². The molecule has 0 aliphatic heterocycles. The lowest BCUT2D eigenvalue weighted by Gasteiger charge is -2.09. The molecule has 30 heavy (non-hydrogen) atoms. The Labute approximate surface area is 175 Å². The number of hydrogen-bond acceptors (Lipinski definition) is 3. The second-order valence-electron chi connectivity index (χ2n) is 7.53. The average molecular weight is 390 g/mol. The first kappa shape index (κ1) is 18.1. The summed E-state index contributed by atoms with van der Waals surface area (Å²) in [7, 11) is 0. The Hall–Kier alpha value is -3.92. The van der Waals surface area contributed by atoms with Gasteiger partial charge in [-0.15, -0.1) is 0 Å². The first-order valence-corrected chi connectivity index (χ1v) is 10.0. The molecule has 5 aromatic rings. The van der Waals surface area contributed by atoms with Crippen LogP contribution in [0.2, 0.25) is 0 Å². The van der Waals surface area contributed by atoms with Crippen LogP contribution < -0.4 is 5.32 Å². The van der Waals surface area contributed by atoms with E-state index in [1.807, 2.05) is 12.1 Å². The van der Waals surface area contributed by atoms with Crippen molar-refractivity contribution in [2.45, 2.75) is 13.8 Å². The zero-order valence-electron chi connectivity index (χ0n) is 17.0. The molecular weight excluding hydrogens is 368 g/mol. The third kappa shape index (κ3) is 3.33. The fourth-order valence-corrected chi connectivity index (χ4v) is 3.75. The number of nitrogens with zero attached hydrogens (tertiary/aromatic N) is 3. The second-order valence-corrected chi connectivity index (χ2v) is 7.53. The molecule has 0 radical (unpaired) electrons. The van der Waals surface area contributed by atoms with Gasteiger partial charge in [-0.25, -0.2) is 9.97 Å². The largest absolute Gasteiger partial charge is 0.340 e. The van der Waals surface area contributed by atoms with Gasteiger partial charge in [0.1, 0.15) is 12.1 Å². The van der Waals surface area contributed by atoms with Gasteiger partial charge in [-0.1, -0.05) is 60.2 Å². The van der Waals surface area contributed by atoms with Crippen LogP contribution in [-0.4, -0.2) is 14.5 Å². The third-order valence-corrected chi connectivity index (χ3v) is 5.26. The van der Waals surface area contributed by atoms with Crippen molar-refractivity contribution in [3.63, 3.8) is 0 Å². The molecule has 0 atom stereocenters. The van der Waals surface area contributed by atoms with Crippen LogP contribution in [-0.2, 0) is 0 Å². The predicted molar refractivity (Wildman–Crippen MR) is 123 cm³/mol. The van der Waals surface area contributed by atoms with E-state index in [-0.39, 0.29) is 0 Å². The fourth-order valence-electron chi connectivity index (χ4n) is 3.75. The molecular formula is C26H22N4. The van der Waals surface area contributed by atoms with Crippen LogP contribution in [0.15, 0.2) is 91.4 Å². The summed E-state index contributed by atoms with van der Waals surface area (Å²) in [6.45, 7) is 4.18. The minimum absolute atomic E-state index is 0.801. The highest BCUT2D eigenvalue weighted by Gasteiger charge is 2.17. The van der Waals surface area contributed by atoms with Gasteiger partial charge in [0.25, 0.3) is 0 Å². The number of anilines is 2. The lowest BCUT2D eigenvalue weighted by atomic mass is 10.1. The van der Waals surface area contributed by atoms with Gasteiger partial charge in [0.15, 0.2) is 5.65 Å². The van der Waals surface area contributed by atoms with Gasteiger partial charge in [0.05, 0.1) is 5.39 Å². The molecule has 0 aliphatic carbocycles. The molecule has 0 amide bonds. The van der Waals surface area contributed by atoms with E-state index in [1.165, 1.54) is 11.1 Å². The van der Waals surface area contributed by atoms with Crippen LogP contribution in [0.4, 0.5) is 11.5 Å². The first-order valence-electron chi connectivity index (χ1n) is 10.0. The predicted octanol–water partition coefficient (Wildman–Crippen LogP) is 6.45. The van der Waals surface area contributed by atoms with Crippen LogP contribution in [0.1, 0.15) is 11.1 Å². The van der Waals surface area contributed by atoms with Gasteiger partial charge < -0.3 is 9.88 Å². The van der Waals surface area contributed by atoms with Gasteiger partial charge in [-0.05, 0) is 49.2 Å². The summed E-state index contributed by atoms with van der Waals surface area (Å²) < 4.78 is 2.14. The van der Waals surface area contributed by atoms with Gasteiger partial charge in [-0.2, -0.15) is 0 Å². The van der Waals surface area contributed by atoms with E-state index in [4.69, 9.17) is 0 Å². The lowest BCUT2D eigenvalue weighted by Crippen LogP contribution is -1.98. The number of fused-ring (bicyclic) bond motifs is 1. The van der Waals surface area contributed by atoms with E-state index in [2.05, 4.69) is 107 Å². The molecule has 1 N–H and O–H groups in total. The SMILES string of the molecule is Cc1ccc(-n2cc(-c3ccccc3)c3c(Nc4cccc(C)c4)ncnc32)cc1. The highest BCUT2D eigenvalue weighted by Crippen LogP contribution is 2.36. The van der Waals surface area contributed by atoms with Crippen molar-refractivity contribution < 1.29 is 0 Å². The molecule has 0 bridgehead atoms. The number of hydrogen-bond donors (Lipinski definition) is 1. The van der Waals surface area contributed by atoms with Crippen molar-refractivity contribution in [1.29, 1.82) is 0 Å². The lowest BCUT2D eigenvalue weighted by molar-refractivity contribution is 1.07. The summed E-state index contributed by atoms with van der Waals surface area (Å²) in [5, 5.41) is 4.51. The third-order valence-electron chi connectivity index (χ3n) is 5.26. The van der Waals surface area contributed by atoms with Crippen molar-refractivity contribution in [3.05, 3.63) is 103 Å². The molecule has 0 saturated carbocycles. The molecule has 3 aromatic carbocycles. The first-order chi connectivity index (χ1) is 14.7. The van der Waals surface area contributed by atoms with Crippen LogP contribution in [0.25, 0.3) is 27.8 Å². The van der Waals surface area contributed by atoms with Gasteiger partial charge in [0, 0.05) is 23.1 Å². The molecule has 0 aliphatic rings. The van der Waals surface area contributed by atoms with E-state index in [0.717, 1.165) is 39.4 Å². The minimum Gasteiger partial charge on any atom is -0.340 e. The normalized spacial score (nSPS) is 11.0. The van der Waals surface area contributed by atoms with Crippen molar-refractivity contribution in [2.75, 3.05) is 5.32 Å². The maximum atomic E-state index is 4.66. The standard InChI is InChI=1S/C26H22N4/c1-18-11-13-22(14-12-18)30-16-23(20-8-4-3-5-9-20)24-25(27-17-28-26(24)30)29-21-10-6-7-19(2)15-21/h3-17H,1-2H3,(H,27,28,29). The molecule has 4 nitrogen and oxygen atoms in total. The van der Waals surface area contributed by atoms with Gasteiger partial charge in [-0.3, -0.25) is 0 Å². The summed E-state index contributed by atoms with van der Waals surface area (Å²) in [4.78, 5) is 9.26. The quantitative estimate of drug-likeness (QED) is 0.383. The van der Waals surface area contributed by atoms with Gasteiger partial charge in [0.2, 0.25) is 0 Å². The highest BCUT2D eigenvalue weighted by atomic mass is 15.1. The molecule has 0 spiro atoms. The summed E-state index contributed by atoms with van der Waals surface area (Å²) >= 11 is 0.